The van der Waals surface area contributed by atoms with E-state index in [1.165, 1.54) is 93.8 Å². The predicted molar refractivity (Wildman–Crippen MR) is 307 cm³/mol. The van der Waals surface area contributed by atoms with Crippen LogP contribution < -0.4 is 35.6 Å². The molecule has 79 heavy (non-hydrogen) atoms. The van der Waals surface area contributed by atoms with E-state index in [1.54, 1.807) is 60.7 Å². The summed E-state index contributed by atoms with van der Waals surface area (Å²) < 4.78 is 78.0. The number of sulfone groups is 2. The number of aryl methyl sites for hydroxylation is 2. The molecule has 3 heterocycles. The fraction of sp³-hybridized carbons (Fsp3) is 0.228. The number of halogens is 3. The Morgan fingerprint density at radius 3 is 1.37 bits per heavy atom. The van der Waals surface area contributed by atoms with Gasteiger partial charge in [0.15, 0.2) is 15.6 Å². The first kappa shape index (κ1) is 60.9. The average Bonchev–Trinajstić information content (AvgIpc) is 3.56. The van der Waals surface area contributed by atoms with E-state index < -0.39 is 52.1 Å². The number of pyridine rings is 3. The fourth-order valence-electron chi connectivity index (χ4n) is 8.36. The second-order valence-corrected chi connectivity index (χ2v) is 22.9. The number of allylic oxidation sites excluding steroid dienone is 4. The van der Waals surface area contributed by atoms with E-state index in [0.717, 1.165) is 19.3 Å². The van der Waals surface area contributed by atoms with Gasteiger partial charge < -0.3 is 39.1 Å². The molecule has 0 radical (unpaired) electrons. The molecule has 416 valence electrons. The number of carbonyl (C=O) groups excluding carboxylic acids is 1. The number of methoxy groups -OCH3 is 4. The number of aromatic nitrogens is 3. The zero-order valence-corrected chi connectivity index (χ0v) is 48.4. The molecule has 3 aromatic heterocycles. The molecule has 1 aliphatic rings. The van der Waals surface area contributed by atoms with Crippen molar-refractivity contribution in [2.45, 2.75) is 78.4 Å². The fourth-order valence-corrected chi connectivity index (χ4v) is 11.7. The molecule has 17 nitrogen and oxygen atoms in total. The minimum Gasteiger partial charge on any atom is -0.506 e. The van der Waals surface area contributed by atoms with E-state index >= 15 is 0 Å². The number of nitrogens with zero attached hydrogens (tertiary/aromatic N) is 1. The van der Waals surface area contributed by atoms with Crippen LogP contribution in [0, 0.1) is 0 Å². The number of unbranched alkanes of at least 4 members (excludes halogenated alkanes) is 2. The predicted octanol–water partition coefficient (Wildman–Crippen LogP) is 11.1. The number of H-pyrrole nitrogens is 2. The van der Waals surface area contributed by atoms with Crippen LogP contribution in [0.25, 0.3) is 27.9 Å². The van der Waals surface area contributed by atoms with Gasteiger partial charge in [0.2, 0.25) is 19.7 Å². The van der Waals surface area contributed by atoms with Gasteiger partial charge in [0, 0.05) is 45.3 Å². The molecule has 4 aromatic carbocycles. The summed E-state index contributed by atoms with van der Waals surface area (Å²) in [6.07, 6.45) is 10.5. The van der Waals surface area contributed by atoms with Crippen LogP contribution in [-0.4, -0.2) is 75.8 Å². The van der Waals surface area contributed by atoms with E-state index in [2.05, 4.69) is 25.9 Å². The molecule has 0 saturated heterocycles. The van der Waals surface area contributed by atoms with E-state index in [4.69, 9.17) is 42.1 Å². The topological polar surface area (TPSA) is 250 Å². The Balaban J connectivity index is 0.000000226. The highest BCUT2D eigenvalue weighted by Gasteiger charge is 2.34. The Kier molecular flexibility index (Phi) is 20.8. The maximum Gasteiger partial charge on any atom is 0.271 e. The third kappa shape index (κ3) is 13.7. The lowest BCUT2D eigenvalue weighted by atomic mass is 9.98. The molecule has 0 amide bonds. The van der Waals surface area contributed by atoms with Crippen LogP contribution in [0.2, 0.25) is 5.02 Å². The largest absolute Gasteiger partial charge is 0.506 e. The number of ketones is 1. The Morgan fingerprint density at radius 1 is 0.582 bits per heavy atom. The summed E-state index contributed by atoms with van der Waals surface area (Å²) in [6.45, 7) is 3.97. The van der Waals surface area contributed by atoms with Crippen LogP contribution in [0.1, 0.15) is 57.3 Å². The van der Waals surface area contributed by atoms with Crippen LogP contribution in [0.3, 0.4) is 0 Å². The standard InChI is InChI=1S/C28H27ClN2O7S.C23H24BrNO6S.C6H5ClO/c1-4-5-7-20-24(25-21(37-2)8-6-9-22(25)38-3)26(33)27(28(34)30-20)39(35,36)19-13-11-18(12-14-19)31-16-17(29)10-15-23(31)32;1-4-5-7-16-19(20-17(30-2)8-6-9-18(20)31-3)21(26)22(23(27)25-16)32(28,29)15-12-10-14(24)11-13-15;7-5-1-3-6(8)4-2-5/h6,8-16H,4-5,7H2,1-3H3,(H2,30,33,34);6,8-13H,4-5,7H2,1-3H3,(H2,25,26,27);1-3H,4H2. The van der Waals surface area contributed by atoms with Crippen LogP contribution in [-0.2, 0) is 37.3 Å². The van der Waals surface area contributed by atoms with Gasteiger partial charge in [0.25, 0.3) is 16.7 Å². The molecule has 8 rings (SSSR count). The van der Waals surface area contributed by atoms with Gasteiger partial charge in [-0.3, -0.25) is 23.7 Å². The number of carbonyl (C=O) groups is 1. The molecular formula is C57H56BrCl2N3O14S2. The Bertz CT molecular complexity index is 3810. The van der Waals surface area contributed by atoms with E-state index in [9.17, 15) is 46.2 Å². The first-order chi connectivity index (χ1) is 37.7. The summed E-state index contributed by atoms with van der Waals surface area (Å²) in [5.74, 6) is 0.180. The zero-order chi connectivity index (χ0) is 57.8. The molecule has 0 atom stereocenters. The molecule has 0 bridgehead atoms. The third-order valence-corrected chi connectivity index (χ3v) is 16.9. The zero-order valence-electron chi connectivity index (χ0n) is 43.7. The maximum absolute atomic E-state index is 13.7. The summed E-state index contributed by atoms with van der Waals surface area (Å²) >= 11 is 14.8. The third-order valence-electron chi connectivity index (χ3n) is 12.3. The van der Waals surface area contributed by atoms with E-state index in [0.29, 0.717) is 91.4 Å². The van der Waals surface area contributed by atoms with Crippen molar-refractivity contribution < 1.29 is 50.8 Å². The molecule has 7 aromatic rings. The molecule has 0 saturated carbocycles. The molecule has 4 N–H and O–H groups in total. The maximum atomic E-state index is 13.7. The first-order valence-electron chi connectivity index (χ1n) is 24.4. The highest BCUT2D eigenvalue weighted by Crippen LogP contribution is 2.48. The number of aromatic hydroxyl groups is 2. The van der Waals surface area contributed by atoms with Crippen molar-refractivity contribution in [3.8, 4) is 62.4 Å². The van der Waals surface area contributed by atoms with Gasteiger partial charge in [-0.2, -0.15) is 0 Å². The quantitative estimate of drug-likeness (QED) is 0.0662. The minimum absolute atomic E-state index is 0.109. The van der Waals surface area contributed by atoms with Crippen molar-refractivity contribution >= 4 is 64.6 Å². The first-order valence-corrected chi connectivity index (χ1v) is 28.9. The van der Waals surface area contributed by atoms with E-state index in [1.807, 2.05) is 13.8 Å². The molecular weight excluding hydrogens is 1170 g/mol. The highest BCUT2D eigenvalue weighted by atomic mass is 79.9. The Labute approximate surface area is 474 Å². The smallest absolute Gasteiger partial charge is 0.271 e. The minimum atomic E-state index is -4.51. The van der Waals surface area contributed by atoms with Crippen molar-refractivity contribution in [1.82, 2.24) is 14.5 Å². The Morgan fingerprint density at radius 2 is 1.00 bits per heavy atom. The number of nitrogens with one attached hydrogen (secondary N) is 2. The van der Waals surface area contributed by atoms with Gasteiger partial charge in [-0.25, -0.2) is 16.8 Å². The van der Waals surface area contributed by atoms with Crippen molar-refractivity contribution in [3.63, 3.8) is 0 Å². The molecule has 22 heteroatoms. The normalized spacial score (nSPS) is 12.1. The summed E-state index contributed by atoms with van der Waals surface area (Å²) in [5.41, 5.74) is -0.0968. The van der Waals surface area contributed by atoms with Gasteiger partial charge in [-0.15, -0.1) is 0 Å². The lowest BCUT2D eigenvalue weighted by Crippen LogP contribution is -2.21. The number of aromatic amines is 2. The lowest BCUT2D eigenvalue weighted by molar-refractivity contribution is -0.113. The van der Waals surface area contributed by atoms with Crippen LogP contribution in [0.15, 0.2) is 165 Å². The summed E-state index contributed by atoms with van der Waals surface area (Å²) in [7, 11) is -3.02. The highest BCUT2D eigenvalue weighted by molar-refractivity contribution is 9.10. The molecule has 0 aliphatic heterocycles. The number of benzene rings is 4. The lowest BCUT2D eigenvalue weighted by Gasteiger charge is -2.19. The van der Waals surface area contributed by atoms with Gasteiger partial charge in [-0.05, 0) is 117 Å². The monoisotopic (exact) mass is 1220 g/mol. The number of ether oxygens (including phenoxy) is 4. The van der Waals surface area contributed by atoms with E-state index in [-0.39, 0.29) is 32.3 Å². The molecule has 0 fully saturated rings. The van der Waals surface area contributed by atoms with Gasteiger partial charge in [0.1, 0.15) is 34.5 Å². The molecule has 0 unspecified atom stereocenters. The van der Waals surface area contributed by atoms with Gasteiger partial charge >= 0.3 is 0 Å². The summed E-state index contributed by atoms with van der Waals surface area (Å²) in [4.78, 5) is 52.3. The molecule has 0 spiro atoms. The van der Waals surface area contributed by atoms with Gasteiger partial charge in [-0.1, -0.05) is 84.0 Å². The number of rotatable bonds is 17. The van der Waals surface area contributed by atoms with Crippen molar-refractivity contribution in [1.29, 1.82) is 0 Å². The SMILES string of the molecule is CCCCc1[nH]c(=O)c(S(=O)(=O)c2ccc(-n3cc(Cl)ccc3=O)cc2)c(O)c1-c1c(OC)cccc1OC.CCCCc1[nH]c(=O)c(S(=O)(=O)c2ccc(Br)cc2)c(O)c1-c1c(OC)cccc1OC.O=C1C=CC(Cl)=CC1. The van der Waals surface area contributed by atoms with Gasteiger partial charge in [0.05, 0.1) is 65.5 Å². The second-order valence-electron chi connectivity index (χ2n) is 17.4. The van der Waals surface area contributed by atoms with Crippen molar-refractivity contribution in [2.75, 3.05) is 28.4 Å². The number of hydrogen-bond acceptors (Lipinski definition) is 14. The Hall–Kier alpha value is -7.36. The van der Waals surface area contributed by atoms with Crippen molar-refractivity contribution in [3.05, 3.63) is 178 Å². The van der Waals surface area contributed by atoms with Crippen LogP contribution in [0.4, 0.5) is 0 Å². The molecule has 1 aliphatic carbocycles. The summed E-state index contributed by atoms with van der Waals surface area (Å²) in [6, 6.07) is 24.0. The van der Waals surface area contributed by atoms with Crippen LogP contribution in [0.5, 0.6) is 34.5 Å². The van der Waals surface area contributed by atoms with Crippen molar-refractivity contribution in [2.24, 2.45) is 0 Å². The second kappa shape index (κ2) is 27.0. The van der Waals surface area contributed by atoms with Crippen LogP contribution >= 0.6 is 39.1 Å². The number of hydrogen-bond donors (Lipinski definition) is 4. The summed E-state index contributed by atoms with van der Waals surface area (Å²) in [5, 5.41) is 23.7. The average molecular weight is 1220 g/mol.